The van der Waals surface area contributed by atoms with Crippen LogP contribution in [0.25, 0.3) is 0 Å². The molecule has 0 aromatic carbocycles. The molecule has 0 unspecified atom stereocenters. The number of amides is 1. The Morgan fingerprint density at radius 2 is 2.12 bits per heavy atom. The van der Waals surface area contributed by atoms with E-state index in [1.807, 2.05) is 0 Å². The molecule has 25 heavy (non-hydrogen) atoms. The zero-order chi connectivity index (χ0) is 18.3. The van der Waals surface area contributed by atoms with E-state index in [9.17, 15) is 13.2 Å². The van der Waals surface area contributed by atoms with Crippen LogP contribution >= 0.6 is 11.3 Å². The Bertz CT molecular complexity index is 621. The molecule has 1 aliphatic heterocycles. The normalized spacial score (nSPS) is 17.1. The SMILES string of the molecule is CC(C)COCCCNC(=O)C1CCN(S(=O)(=O)c2cccs2)CC1. The minimum absolute atomic E-state index is 0.0250. The summed E-state index contributed by atoms with van der Waals surface area (Å²) in [5.74, 6) is 0.439. The maximum Gasteiger partial charge on any atom is 0.252 e. The van der Waals surface area contributed by atoms with Crippen LogP contribution < -0.4 is 5.32 Å². The van der Waals surface area contributed by atoms with Gasteiger partial charge >= 0.3 is 0 Å². The molecule has 1 amide bonds. The van der Waals surface area contributed by atoms with Crippen molar-refractivity contribution in [2.45, 2.75) is 37.3 Å². The summed E-state index contributed by atoms with van der Waals surface area (Å²) in [7, 11) is -3.40. The highest BCUT2D eigenvalue weighted by molar-refractivity contribution is 7.91. The highest BCUT2D eigenvalue weighted by Crippen LogP contribution is 2.26. The maximum absolute atomic E-state index is 12.5. The van der Waals surface area contributed by atoms with Crippen molar-refractivity contribution < 1.29 is 17.9 Å². The molecule has 0 saturated carbocycles. The number of carbonyl (C=O) groups excluding carboxylic acids is 1. The summed E-state index contributed by atoms with van der Waals surface area (Å²) in [6, 6.07) is 3.36. The monoisotopic (exact) mass is 388 g/mol. The van der Waals surface area contributed by atoms with E-state index in [2.05, 4.69) is 19.2 Å². The van der Waals surface area contributed by atoms with E-state index < -0.39 is 10.0 Å². The van der Waals surface area contributed by atoms with E-state index in [0.29, 0.717) is 49.2 Å². The molecule has 6 nitrogen and oxygen atoms in total. The molecular weight excluding hydrogens is 360 g/mol. The quantitative estimate of drug-likeness (QED) is 0.659. The number of piperidine rings is 1. The summed E-state index contributed by atoms with van der Waals surface area (Å²) in [4.78, 5) is 12.2. The molecule has 0 radical (unpaired) electrons. The van der Waals surface area contributed by atoms with Crippen molar-refractivity contribution in [1.82, 2.24) is 9.62 Å². The van der Waals surface area contributed by atoms with Crippen molar-refractivity contribution in [3.05, 3.63) is 17.5 Å². The lowest BCUT2D eigenvalue weighted by atomic mass is 9.97. The molecule has 1 aromatic heterocycles. The van der Waals surface area contributed by atoms with Crippen molar-refractivity contribution in [3.8, 4) is 0 Å². The summed E-state index contributed by atoms with van der Waals surface area (Å²) in [6.45, 7) is 7.00. The van der Waals surface area contributed by atoms with Crippen LogP contribution in [0.5, 0.6) is 0 Å². The molecule has 2 heterocycles. The van der Waals surface area contributed by atoms with Crippen molar-refractivity contribution in [1.29, 1.82) is 0 Å². The number of sulfonamides is 1. The smallest absolute Gasteiger partial charge is 0.252 e. The number of rotatable bonds is 9. The Hall–Kier alpha value is -0.960. The third-order valence-corrected chi connectivity index (χ3v) is 7.40. The van der Waals surface area contributed by atoms with E-state index in [1.54, 1.807) is 17.5 Å². The topological polar surface area (TPSA) is 75.7 Å². The van der Waals surface area contributed by atoms with Gasteiger partial charge in [0.25, 0.3) is 10.0 Å². The van der Waals surface area contributed by atoms with E-state index in [0.717, 1.165) is 13.0 Å². The van der Waals surface area contributed by atoms with Gasteiger partial charge in [0.05, 0.1) is 0 Å². The van der Waals surface area contributed by atoms with Crippen LogP contribution in [-0.4, -0.2) is 51.5 Å². The molecule has 1 aromatic rings. The van der Waals surface area contributed by atoms with Gasteiger partial charge in [-0.25, -0.2) is 8.42 Å². The Morgan fingerprint density at radius 3 is 2.72 bits per heavy atom. The standard InChI is InChI=1S/C17H28N2O4S2/c1-14(2)13-23-11-4-8-18-17(20)15-6-9-19(10-7-15)25(21,22)16-5-3-12-24-16/h3,5,12,14-15H,4,6-11,13H2,1-2H3,(H,18,20). The Kier molecular flexibility index (Phi) is 7.86. The number of hydrogen-bond acceptors (Lipinski definition) is 5. The molecule has 0 aliphatic carbocycles. The minimum atomic E-state index is -3.40. The van der Waals surface area contributed by atoms with E-state index in [4.69, 9.17) is 4.74 Å². The van der Waals surface area contributed by atoms with Gasteiger partial charge in [0.15, 0.2) is 0 Å². The first-order valence-electron chi connectivity index (χ1n) is 8.80. The second kappa shape index (κ2) is 9.66. The number of ether oxygens (including phenoxy) is 1. The van der Waals surface area contributed by atoms with Gasteiger partial charge in [0.2, 0.25) is 5.91 Å². The zero-order valence-electron chi connectivity index (χ0n) is 14.9. The molecule has 1 fully saturated rings. The molecule has 2 rings (SSSR count). The van der Waals surface area contributed by atoms with Crippen molar-refractivity contribution in [2.24, 2.45) is 11.8 Å². The lowest BCUT2D eigenvalue weighted by molar-refractivity contribution is -0.126. The van der Waals surface area contributed by atoms with Crippen LogP contribution in [0.1, 0.15) is 33.1 Å². The predicted octanol–water partition coefficient (Wildman–Crippen LogP) is 2.33. The second-order valence-electron chi connectivity index (χ2n) is 6.72. The van der Waals surface area contributed by atoms with E-state index in [-0.39, 0.29) is 11.8 Å². The summed E-state index contributed by atoms with van der Waals surface area (Å²) in [5, 5.41) is 4.70. The van der Waals surface area contributed by atoms with Crippen LogP contribution in [-0.2, 0) is 19.6 Å². The van der Waals surface area contributed by atoms with Crippen LogP contribution in [0.2, 0.25) is 0 Å². The summed E-state index contributed by atoms with van der Waals surface area (Å²) < 4.78 is 32.3. The number of carbonyl (C=O) groups is 1. The molecular formula is C17H28N2O4S2. The average Bonchev–Trinajstić information content (AvgIpc) is 3.13. The first-order chi connectivity index (χ1) is 11.9. The second-order valence-corrected chi connectivity index (χ2v) is 9.84. The highest BCUT2D eigenvalue weighted by atomic mass is 32.2. The van der Waals surface area contributed by atoms with Crippen LogP contribution in [0.4, 0.5) is 0 Å². The first-order valence-corrected chi connectivity index (χ1v) is 11.1. The van der Waals surface area contributed by atoms with Crippen molar-refractivity contribution in [2.75, 3.05) is 32.8 Å². The summed E-state index contributed by atoms with van der Waals surface area (Å²) in [6.07, 6.45) is 1.94. The first kappa shape index (κ1) is 20.4. The van der Waals surface area contributed by atoms with Gasteiger partial charge in [-0.15, -0.1) is 11.3 Å². The number of nitrogens with zero attached hydrogens (tertiary/aromatic N) is 1. The van der Waals surface area contributed by atoms with Gasteiger partial charge in [-0.2, -0.15) is 4.31 Å². The molecule has 0 atom stereocenters. The Balaban J connectivity index is 1.68. The highest BCUT2D eigenvalue weighted by Gasteiger charge is 2.32. The third kappa shape index (κ3) is 6.06. The molecule has 142 valence electrons. The van der Waals surface area contributed by atoms with Gasteiger partial charge in [-0.05, 0) is 36.6 Å². The molecule has 1 aliphatic rings. The van der Waals surface area contributed by atoms with Gasteiger partial charge in [-0.3, -0.25) is 4.79 Å². The van der Waals surface area contributed by atoms with E-state index >= 15 is 0 Å². The predicted molar refractivity (Wildman–Crippen MR) is 99.1 cm³/mol. The third-order valence-electron chi connectivity index (χ3n) is 4.13. The lowest BCUT2D eigenvalue weighted by Gasteiger charge is -2.30. The number of hydrogen-bond donors (Lipinski definition) is 1. The number of thiophene rings is 1. The minimum Gasteiger partial charge on any atom is -0.381 e. The van der Waals surface area contributed by atoms with Gasteiger partial charge < -0.3 is 10.1 Å². The molecule has 8 heteroatoms. The summed E-state index contributed by atoms with van der Waals surface area (Å²) >= 11 is 1.23. The van der Waals surface area contributed by atoms with Crippen LogP contribution in [0, 0.1) is 11.8 Å². The van der Waals surface area contributed by atoms with Crippen molar-refractivity contribution in [3.63, 3.8) is 0 Å². The molecule has 0 spiro atoms. The van der Waals surface area contributed by atoms with Gasteiger partial charge in [-0.1, -0.05) is 19.9 Å². The van der Waals surface area contributed by atoms with Gasteiger partial charge in [0.1, 0.15) is 4.21 Å². The molecule has 1 N–H and O–H groups in total. The van der Waals surface area contributed by atoms with E-state index in [1.165, 1.54) is 15.6 Å². The number of nitrogens with one attached hydrogen (secondary N) is 1. The fourth-order valence-electron chi connectivity index (χ4n) is 2.75. The van der Waals surface area contributed by atoms with Crippen molar-refractivity contribution >= 4 is 27.3 Å². The van der Waals surface area contributed by atoms with Crippen LogP contribution in [0.15, 0.2) is 21.7 Å². The van der Waals surface area contributed by atoms with Gasteiger partial charge in [0, 0.05) is 38.8 Å². The fraction of sp³-hybridized carbons (Fsp3) is 0.706. The van der Waals surface area contributed by atoms with Crippen LogP contribution in [0.3, 0.4) is 0 Å². The largest absolute Gasteiger partial charge is 0.381 e. The average molecular weight is 389 g/mol. The summed E-state index contributed by atoms with van der Waals surface area (Å²) in [5.41, 5.74) is 0. The zero-order valence-corrected chi connectivity index (χ0v) is 16.6. The Labute approximate surface area is 154 Å². The lowest BCUT2D eigenvalue weighted by Crippen LogP contribution is -2.43. The fourth-order valence-corrected chi connectivity index (χ4v) is 5.36. The molecule has 0 bridgehead atoms. The Morgan fingerprint density at radius 1 is 1.40 bits per heavy atom. The molecule has 1 saturated heterocycles. The maximum atomic E-state index is 12.5.